The minimum Gasteiger partial charge on any atom is -0.463 e. The molecular weight excluding hydrogens is 443 g/mol. The molecule has 0 aromatic heterocycles. The van der Waals surface area contributed by atoms with Gasteiger partial charge in [-0.05, 0) is 51.9 Å². The molecule has 0 radical (unpaired) electrons. The van der Waals surface area contributed by atoms with Crippen LogP contribution in [0.25, 0.3) is 0 Å². The molecule has 0 aliphatic rings. The zero-order valence-corrected chi connectivity index (χ0v) is 21.1. The summed E-state index contributed by atoms with van der Waals surface area (Å²) in [7, 11) is -4.18. The van der Waals surface area contributed by atoms with Gasteiger partial charge in [-0.3, -0.25) is 9.36 Å². The highest BCUT2D eigenvalue weighted by molar-refractivity contribution is 7.53. The van der Waals surface area contributed by atoms with Crippen LogP contribution in [-0.2, 0) is 18.6 Å². The van der Waals surface area contributed by atoms with Crippen molar-refractivity contribution in [2.45, 2.75) is 90.0 Å². The minimum absolute atomic E-state index is 0.220. The first-order valence-corrected chi connectivity index (χ1v) is 13.5. The van der Waals surface area contributed by atoms with Gasteiger partial charge in [-0.1, -0.05) is 68.4 Å². The second-order valence-electron chi connectivity index (χ2n) is 7.81. The van der Waals surface area contributed by atoms with Crippen molar-refractivity contribution in [3.63, 3.8) is 0 Å². The maximum atomic E-state index is 11.7. The van der Waals surface area contributed by atoms with E-state index in [2.05, 4.69) is 54.0 Å². The molecule has 3 atom stereocenters. The molecule has 0 heterocycles. The molecule has 0 aliphatic heterocycles. The summed E-state index contributed by atoms with van der Waals surface area (Å²) in [5, 5.41) is 18.7. The fraction of sp³-hybridized carbons (Fsp3) is 0.640. The number of unbranched alkanes of at least 4 members (excludes halogenated alkanes) is 4. The smallest absolute Gasteiger partial charge is 0.356 e. The summed E-state index contributed by atoms with van der Waals surface area (Å²) in [5.41, 5.74) is 0. The van der Waals surface area contributed by atoms with Crippen LogP contribution in [0.4, 0.5) is 0 Å². The lowest BCUT2D eigenvalue weighted by Gasteiger charge is -2.17. The normalized spacial score (nSPS) is 16.2. The molecular formula is C25H43O7P. The second-order valence-corrected chi connectivity index (χ2v) is 9.94. The summed E-state index contributed by atoms with van der Waals surface area (Å²) in [6, 6.07) is 0. The fourth-order valence-electron chi connectivity index (χ4n) is 2.54. The quantitative estimate of drug-likeness (QED) is 0.0891. The number of allylic oxidation sites excluding steroid dienone is 8. The van der Waals surface area contributed by atoms with Crippen molar-refractivity contribution in [3.05, 3.63) is 48.6 Å². The highest BCUT2D eigenvalue weighted by Gasteiger charge is 2.27. The molecule has 7 nitrogen and oxygen atoms in total. The van der Waals surface area contributed by atoms with Gasteiger partial charge in [0.2, 0.25) is 0 Å². The van der Waals surface area contributed by atoms with Gasteiger partial charge < -0.3 is 24.4 Å². The van der Waals surface area contributed by atoms with Crippen molar-refractivity contribution >= 4 is 13.6 Å². The highest BCUT2D eigenvalue weighted by atomic mass is 31.2. The van der Waals surface area contributed by atoms with Gasteiger partial charge in [0.15, 0.2) is 5.85 Å². The van der Waals surface area contributed by atoms with E-state index in [1.54, 1.807) is 0 Å². The number of aliphatic hydroxyl groups excluding tert-OH is 2. The molecule has 0 rings (SSSR count). The Balaban J connectivity index is 3.68. The number of carbonyl (C=O) groups excluding carboxylic acids is 1. The maximum Gasteiger partial charge on any atom is 0.356 e. The van der Waals surface area contributed by atoms with E-state index in [-0.39, 0.29) is 13.0 Å². The summed E-state index contributed by atoms with van der Waals surface area (Å²) in [6.07, 6.45) is 25.3. The molecule has 190 valence electrons. The Bertz CT molecular complexity index is 653. The molecule has 0 aromatic rings. The van der Waals surface area contributed by atoms with Crippen LogP contribution in [0.15, 0.2) is 48.6 Å². The largest absolute Gasteiger partial charge is 0.463 e. The second kappa shape index (κ2) is 21.1. The van der Waals surface area contributed by atoms with Crippen LogP contribution in [0.3, 0.4) is 0 Å². The topological polar surface area (TPSA) is 113 Å². The SMILES string of the molecule is CCCCC/C=C\C/C=C\C/C=C\C/C=C\CCCC(=O)OCC(O)COP(=O)(O)C(C)O. The number of esters is 1. The summed E-state index contributed by atoms with van der Waals surface area (Å²) >= 11 is 0. The lowest BCUT2D eigenvalue weighted by molar-refractivity contribution is -0.147. The lowest BCUT2D eigenvalue weighted by atomic mass is 10.2. The molecule has 0 bridgehead atoms. The van der Waals surface area contributed by atoms with Crippen molar-refractivity contribution in [2.24, 2.45) is 0 Å². The Labute approximate surface area is 199 Å². The number of rotatable bonds is 20. The molecule has 8 heteroatoms. The Morgan fingerprint density at radius 2 is 1.36 bits per heavy atom. The van der Waals surface area contributed by atoms with Crippen molar-refractivity contribution in [3.8, 4) is 0 Å². The first-order chi connectivity index (χ1) is 15.8. The molecule has 0 saturated heterocycles. The third-order valence-electron chi connectivity index (χ3n) is 4.57. The van der Waals surface area contributed by atoms with Crippen LogP contribution in [0.1, 0.15) is 78.1 Å². The number of hydrogen-bond acceptors (Lipinski definition) is 6. The molecule has 0 spiro atoms. The van der Waals surface area contributed by atoms with E-state index in [1.165, 1.54) is 25.7 Å². The van der Waals surface area contributed by atoms with Gasteiger partial charge in [-0.15, -0.1) is 0 Å². The van der Waals surface area contributed by atoms with Crippen molar-refractivity contribution in [2.75, 3.05) is 13.2 Å². The lowest BCUT2D eigenvalue weighted by Crippen LogP contribution is -2.24. The zero-order chi connectivity index (χ0) is 24.8. The van der Waals surface area contributed by atoms with E-state index >= 15 is 0 Å². The Hall–Kier alpha value is -1.50. The van der Waals surface area contributed by atoms with Gasteiger partial charge in [-0.2, -0.15) is 0 Å². The third-order valence-corrected chi connectivity index (χ3v) is 6.03. The van der Waals surface area contributed by atoms with E-state index in [9.17, 15) is 19.4 Å². The number of ether oxygens (including phenoxy) is 1. The Kier molecular flexibility index (Phi) is 20.1. The van der Waals surface area contributed by atoms with Crippen molar-refractivity contribution < 1.29 is 33.7 Å². The summed E-state index contributed by atoms with van der Waals surface area (Å²) in [4.78, 5) is 20.9. The molecule has 33 heavy (non-hydrogen) atoms. The zero-order valence-electron chi connectivity index (χ0n) is 20.2. The molecule has 0 aliphatic carbocycles. The van der Waals surface area contributed by atoms with Crippen LogP contribution in [0, 0.1) is 0 Å². The van der Waals surface area contributed by atoms with Crippen LogP contribution in [-0.4, -0.2) is 46.2 Å². The molecule has 3 unspecified atom stereocenters. The molecule has 0 saturated carbocycles. The first-order valence-electron chi connectivity index (χ1n) is 11.9. The summed E-state index contributed by atoms with van der Waals surface area (Å²) in [5.74, 6) is -2.00. The fourth-order valence-corrected chi connectivity index (χ4v) is 3.14. The summed E-state index contributed by atoms with van der Waals surface area (Å²) in [6.45, 7) is 2.50. The standard InChI is InChI=1S/C25H43O7P/c1-3-4-5-6-7-8-9-10-11-12-13-14-15-16-17-18-19-20-25(28)31-21-24(27)22-32-33(29,30)23(2)26/h7-8,10-11,13-14,16-17,23-24,26-27H,3-6,9,12,15,18-22H2,1-2H3,(H,29,30)/b8-7-,11-10-,14-13-,17-16-. The van der Waals surface area contributed by atoms with Crippen LogP contribution < -0.4 is 0 Å². The van der Waals surface area contributed by atoms with Gasteiger partial charge in [0.1, 0.15) is 12.7 Å². The van der Waals surface area contributed by atoms with Gasteiger partial charge in [-0.25, -0.2) is 0 Å². The van der Waals surface area contributed by atoms with E-state index < -0.39 is 32.1 Å². The van der Waals surface area contributed by atoms with E-state index in [0.29, 0.717) is 6.42 Å². The minimum atomic E-state index is -4.18. The predicted molar refractivity (Wildman–Crippen MR) is 133 cm³/mol. The van der Waals surface area contributed by atoms with Crippen molar-refractivity contribution in [1.29, 1.82) is 0 Å². The highest BCUT2D eigenvalue weighted by Crippen LogP contribution is 2.45. The van der Waals surface area contributed by atoms with Crippen molar-refractivity contribution in [1.82, 2.24) is 0 Å². The Morgan fingerprint density at radius 1 is 0.848 bits per heavy atom. The monoisotopic (exact) mass is 486 g/mol. The number of hydrogen-bond donors (Lipinski definition) is 3. The van der Waals surface area contributed by atoms with Gasteiger partial charge in [0.05, 0.1) is 6.61 Å². The third kappa shape index (κ3) is 20.8. The van der Waals surface area contributed by atoms with Crippen LogP contribution in [0.2, 0.25) is 0 Å². The average Bonchev–Trinajstić information content (AvgIpc) is 2.78. The molecule has 0 aromatic carbocycles. The maximum absolute atomic E-state index is 11.7. The summed E-state index contributed by atoms with van der Waals surface area (Å²) < 4.78 is 20.9. The van der Waals surface area contributed by atoms with E-state index in [1.807, 2.05) is 6.08 Å². The van der Waals surface area contributed by atoms with E-state index in [4.69, 9.17) is 9.84 Å². The van der Waals surface area contributed by atoms with Crippen LogP contribution >= 0.6 is 7.60 Å². The van der Waals surface area contributed by atoms with Crippen LogP contribution in [0.5, 0.6) is 0 Å². The average molecular weight is 487 g/mol. The Morgan fingerprint density at radius 3 is 1.88 bits per heavy atom. The van der Waals surface area contributed by atoms with Gasteiger partial charge in [0.25, 0.3) is 0 Å². The van der Waals surface area contributed by atoms with E-state index in [0.717, 1.165) is 32.6 Å². The first kappa shape index (κ1) is 31.5. The molecule has 0 amide bonds. The van der Waals surface area contributed by atoms with Gasteiger partial charge in [0, 0.05) is 6.42 Å². The predicted octanol–water partition coefficient (Wildman–Crippen LogP) is 5.58. The molecule has 3 N–H and O–H groups in total. The number of aliphatic hydroxyl groups is 2. The molecule has 0 fully saturated rings. The van der Waals surface area contributed by atoms with Gasteiger partial charge >= 0.3 is 13.6 Å². The number of carbonyl (C=O) groups is 1.